The van der Waals surface area contributed by atoms with Gasteiger partial charge in [0.05, 0.1) is 6.54 Å². The molecule has 0 aromatic heterocycles. The molecule has 0 aliphatic heterocycles. The molecule has 0 spiro atoms. The number of nitrogens with zero attached hydrogens (tertiary/aromatic N) is 1. The van der Waals surface area contributed by atoms with E-state index < -0.39 is 0 Å². The van der Waals surface area contributed by atoms with Crippen molar-refractivity contribution in [2.45, 2.75) is 39.5 Å². The molecule has 1 amide bonds. The largest absolute Gasteiger partial charge is 0.492 e. The molecule has 1 rings (SSSR count). The molecule has 0 bridgehead atoms. The van der Waals surface area contributed by atoms with Crippen LogP contribution in [0.2, 0.25) is 0 Å². The third-order valence-corrected chi connectivity index (χ3v) is 3.36. The van der Waals surface area contributed by atoms with E-state index in [0.717, 1.165) is 30.4 Å². The average Bonchev–Trinajstić information content (AvgIpc) is 2.56. The highest BCUT2D eigenvalue weighted by atomic mass is 16.5. The normalized spacial score (nSPS) is 11.0. The highest BCUT2D eigenvalue weighted by Gasteiger charge is 2.00. The fourth-order valence-electron chi connectivity index (χ4n) is 2.18. The van der Waals surface area contributed by atoms with Crippen LogP contribution in [0.3, 0.4) is 0 Å². The van der Waals surface area contributed by atoms with Gasteiger partial charge in [-0.15, -0.1) is 0 Å². The van der Waals surface area contributed by atoms with Gasteiger partial charge in [-0.25, -0.2) is 0 Å². The van der Waals surface area contributed by atoms with Crippen LogP contribution in [0.4, 0.5) is 5.69 Å². The van der Waals surface area contributed by atoms with Crippen LogP contribution in [0.25, 0.3) is 0 Å². The molecule has 6 nitrogen and oxygen atoms in total. The summed E-state index contributed by atoms with van der Waals surface area (Å²) >= 11 is 0. The zero-order chi connectivity index (χ0) is 17.6. The summed E-state index contributed by atoms with van der Waals surface area (Å²) in [6.07, 6.45) is 4.92. The molecule has 0 radical (unpaired) electrons. The Balaban J connectivity index is 2.23. The minimum absolute atomic E-state index is 0.0948. The number of carbonyl (C=O) groups is 1. The summed E-state index contributed by atoms with van der Waals surface area (Å²) in [6.45, 7) is 5.79. The number of guanidine groups is 1. The molecule has 0 unspecified atom stereocenters. The molecular formula is C18H30N4O2. The average molecular weight is 334 g/mol. The monoisotopic (exact) mass is 334 g/mol. The topological polar surface area (TPSA) is 74.8 Å². The van der Waals surface area contributed by atoms with E-state index in [1.807, 2.05) is 24.3 Å². The number of hydrogen-bond acceptors (Lipinski definition) is 3. The van der Waals surface area contributed by atoms with Gasteiger partial charge in [-0.05, 0) is 18.6 Å². The van der Waals surface area contributed by atoms with E-state index >= 15 is 0 Å². The molecule has 0 heterocycles. The minimum Gasteiger partial charge on any atom is -0.492 e. The molecule has 1 aromatic carbocycles. The lowest BCUT2D eigenvalue weighted by Gasteiger charge is -2.13. The van der Waals surface area contributed by atoms with Crippen molar-refractivity contribution in [2.24, 2.45) is 4.99 Å². The summed E-state index contributed by atoms with van der Waals surface area (Å²) < 4.78 is 5.68. The van der Waals surface area contributed by atoms with Crippen molar-refractivity contribution in [2.75, 3.05) is 32.1 Å². The Labute approximate surface area is 145 Å². The molecule has 3 N–H and O–H groups in total. The first-order valence-corrected chi connectivity index (χ1v) is 8.60. The van der Waals surface area contributed by atoms with Crippen LogP contribution in [0.5, 0.6) is 5.75 Å². The highest BCUT2D eigenvalue weighted by molar-refractivity contribution is 5.88. The SMILES string of the molecule is CCCCCCNC(=NC)NCCOc1cccc(NC(C)=O)c1. The van der Waals surface area contributed by atoms with E-state index in [1.54, 1.807) is 7.05 Å². The fourth-order valence-corrected chi connectivity index (χ4v) is 2.18. The maximum Gasteiger partial charge on any atom is 0.221 e. The standard InChI is InChI=1S/C18H30N4O2/c1-4-5-6-7-11-20-18(19-3)21-12-13-24-17-10-8-9-16(14-17)22-15(2)23/h8-10,14H,4-7,11-13H2,1-3H3,(H,22,23)(H2,19,20,21). The van der Waals surface area contributed by atoms with Crippen molar-refractivity contribution < 1.29 is 9.53 Å². The number of unbranched alkanes of at least 4 members (excludes halogenated alkanes) is 3. The van der Waals surface area contributed by atoms with Gasteiger partial charge < -0.3 is 20.7 Å². The number of hydrogen-bond donors (Lipinski definition) is 3. The third kappa shape index (κ3) is 9.02. The van der Waals surface area contributed by atoms with E-state index in [2.05, 4.69) is 27.9 Å². The lowest BCUT2D eigenvalue weighted by atomic mass is 10.2. The second kappa shape index (κ2) is 12.2. The summed E-state index contributed by atoms with van der Waals surface area (Å²) in [5, 5.41) is 9.25. The zero-order valence-corrected chi connectivity index (χ0v) is 15.0. The van der Waals surface area contributed by atoms with E-state index in [1.165, 1.54) is 26.2 Å². The predicted octanol–water partition coefficient (Wildman–Crippen LogP) is 2.77. The Bertz CT molecular complexity index is 517. The number of nitrogens with one attached hydrogen (secondary N) is 3. The molecule has 6 heteroatoms. The number of carbonyl (C=O) groups excluding carboxylic acids is 1. The Morgan fingerprint density at radius 1 is 1.17 bits per heavy atom. The number of ether oxygens (including phenoxy) is 1. The van der Waals surface area contributed by atoms with Gasteiger partial charge in [0, 0.05) is 32.3 Å². The predicted molar refractivity (Wildman–Crippen MR) is 99.7 cm³/mol. The number of aliphatic imine (C=N–C) groups is 1. The molecule has 0 saturated heterocycles. The zero-order valence-electron chi connectivity index (χ0n) is 15.0. The van der Waals surface area contributed by atoms with Crippen molar-refractivity contribution in [3.8, 4) is 5.75 Å². The Kier molecular flexibility index (Phi) is 10.1. The number of anilines is 1. The van der Waals surface area contributed by atoms with Crippen LogP contribution in [-0.4, -0.2) is 38.6 Å². The minimum atomic E-state index is -0.0948. The Morgan fingerprint density at radius 2 is 1.96 bits per heavy atom. The lowest BCUT2D eigenvalue weighted by molar-refractivity contribution is -0.114. The molecule has 0 aliphatic rings. The molecular weight excluding hydrogens is 304 g/mol. The van der Waals surface area contributed by atoms with Crippen molar-refractivity contribution in [3.63, 3.8) is 0 Å². The summed E-state index contributed by atoms with van der Waals surface area (Å²) in [7, 11) is 1.76. The fraction of sp³-hybridized carbons (Fsp3) is 0.556. The first kappa shape index (κ1) is 19.8. The van der Waals surface area contributed by atoms with Crippen LogP contribution >= 0.6 is 0 Å². The van der Waals surface area contributed by atoms with Crippen LogP contribution in [0.15, 0.2) is 29.3 Å². The molecule has 0 atom stereocenters. The Hall–Kier alpha value is -2.24. The second-order valence-electron chi connectivity index (χ2n) is 5.54. The van der Waals surface area contributed by atoms with Crippen molar-refractivity contribution in [1.82, 2.24) is 10.6 Å². The van der Waals surface area contributed by atoms with Crippen LogP contribution in [0.1, 0.15) is 39.5 Å². The van der Waals surface area contributed by atoms with E-state index in [9.17, 15) is 4.79 Å². The Morgan fingerprint density at radius 3 is 2.67 bits per heavy atom. The van der Waals surface area contributed by atoms with Crippen LogP contribution < -0.4 is 20.7 Å². The van der Waals surface area contributed by atoms with Gasteiger partial charge in [0.2, 0.25) is 5.91 Å². The summed E-state index contributed by atoms with van der Waals surface area (Å²) in [4.78, 5) is 15.2. The van der Waals surface area contributed by atoms with Gasteiger partial charge in [-0.2, -0.15) is 0 Å². The van der Waals surface area contributed by atoms with Gasteiger partial charge in [0.1, 0.15) is 12.4 Å². The first-order valence-electron chi connectivity index (χ1n) is 8.60. The molecule has 24 heavy (non-hydrogen) atoms. The quantitative estimate of drug-likeness (QED) is 0.349. The first-order chi connectivity index (χ1) is 11.7. The van der Waals surface area contributed by atoms with Gasteiger partial charge in [-0.1, -0.05) is 32.3 Å². The molecule has 0 aliphatic carbocycles. The maximum atomic E-state index is 11.1. The molecule has 0 saturated carbocycles. The van der Waals surface area contributed by atoms with Gasteiger partial charge >= 0.3 is 0 Å². The number of amides is 1. The van der Waals surface area contributed by atoms with E-state index in [-0.39, 0.29) is 5.91 Å². The highest BCUT2D eigenvalue weighted by Crippen LogP contribution is 2.16. The van der Waals surface area contributed by atoms with E-state index in [4.69, 9.17) is 4.74 Å². The van der Waals surface area contributed by atoms with Crippen LogP contribution in [-0.2, 0) is 4.79 Å². The number of benzene rings is 1. The lowest BCUT2D eigenvalue weighted by Crippen LogP contribution is -2.39. The molecule has 1 aromatic rings. The molecule has 0 fully saturated rings. The van der Waals surface area contributed by atoms with Gasteiger partial charge in [0.15, 0.2) is 5.96 Å². The third-order valence-electron chi connectivity index (χ3n) is 3.36. The maximum absolute atomic E-state index is 11.1. The van der Waals surface area contributed by atoms with Gasteiger partial charge in [-0.3, -0.25) is 9.79 Å². The van der Waals surface area contributed by atoms with Crippen LogP contribution in [0, 0.1) is 0 Å². The van der Waals surface area contributed by atoms with Crippen molar-refractivity contribution >= 4 is 17.6 Å². The van der Waals surface area contributed by atoms with Gasteiger partial charge in [0.25, 0.3) is 0 Å². The smallest absolute Gasteiger partial charge is 0.221 e. The summed E-state index contributed by atoms with van der Waals surface area (Å²) in [5.74, 6) is 1.43. The van der Waals surface area contributed by atoms with Crippen molar-refractivity contribution in [3.05, 3.63) is 24.3 Å². The summed E-state index contributed by atoms with van der Waals surface area (Å²) in [6, 6.07) is 7.36. The van der Waals surface area contributed by atoms with E-state index in [0.29, 0.717) is 13.2 Å². The summed E-state index contributed by atoms with van der Waals surface area (Å²) in [5.41, 5.74) is 0.734. The number of rotatable bonds is 10. The molecule has 134 valence electrons. The van der Waals surface area contributed by atoms with Crippen molar-refractivity contribution in [1.29, 1.82) is 0 Å². The second-order valence-corrected chi connectivity index (χ2v) is 5.54.